The molecular weight excluding hydrogens is 475 g/mol. The van der Waals surface area contributed by atoms with Crippen LogP contribution in [0.1, 0.15) is 27.5 Å². The second-order valence-electron chi connectivity index (χ2n) is 7.53. The van der Waals surface area contributed by atoms with Gasteiger partial charge in [0.2, 0.25) is 5.95 Å². The number of rotatable bonds is 5. The zero-order valence-electron chi connectivity index (χ0n) is 18.0. The number of hydrogen-bond donors (Lipinski definition) is 2. The number of nitro groups is 1. The SMILES string of the molecule is Cl.O=C(Nc1nc2n(n1)C(c1ccc(F)cc1)C=C(c1ccccc1)N2)c1cccc([N+](=O)[O-])c1. The van der Waals surface area contributed by atoms with Crippen LogP contribution in [0.25, 0.3) is 5.70 Å². The largest absolute Gasteiger partial charge is 0.324 e. The Morgan fingerprint density at radius 1 is 1.06 bits per heavy atom. The van der Waals surface area contributed by atoms with Gasteiger partial charge in [-0.2, -0.15) is 4.98 Å². The van der Waals surface area contributed by atoms with Gasteiger partial charge in [0.15, 0.2) is 0 Å². The lowest BCUT2D eigenvalue weighted by molar-refractivity contribution is -0.384. The minimum atomic E-state index is -0.582. The maximum absolute atomic E-state index is 13.5. The average molecular weight is 493 g/mol. The number of amides is 1. The molecule has 0 fully saturated rings. The zero-order valence-corrected chi connectivity index (χ0v) is 18.8. The van der Waals surface area contributed by atoms with Crippen molar-refractivity contribution >= 4 is 41.6 Å². The molecule has 0 radical (unpaired) electrons. The Kier molecular flexibility index (Phi) is 6.56. The molecule has 1 aliphatic rings. The highest BCUT2D eigenvalue weighted by atomic mass is 35.5. The highest BCUT2D eigenvalue weighted by molar-refractivity contribution is 6.03. The summed E-state index contributed by atoms with van der Waals surface area (Å²) >= 11 is 0. The fourth-order valence-electron chi connectivity index (χ4n) is 3.66. The van der Waals surface area contributed by atoms with Crippen molar-refractivity contribution in [2.45, 2.75) is 6.04 Å². The van der Waals surface area contributed by atoms with Crippen molar-refractivity contribution in [3.05, 3.63) is 118 Å². The van der Waals surface area contributed by atoms with Crippen LogP contribution in [0, 0.1) is 15.9 Å². The molecule has 35 heavy (non-hydrogen) atoms. The first kappa shape index (κ1) is 23.6. The van der Waals surface area contributed by atoms with Gasteiger partial charge in [0, 0.05) is 23.4 Å². The summed E-state index contributed by atoms with van der Waals surface area (Å²) in [5.74, 6) is -0.534. The zero-order chi connectivity index (χ0) is 23.7. The number of nitrogens with one attached hydrogen (secondary N) is 2. The molecule has 11 heteroatoms. The Morgan fingerprint density at radius 3 is 2.51 bits per heavy atom. The van der Waals surface area contributed by atoms with Crippen molar-refractivity contribution in [2.75, 3.05) is 10.6 Å². The number of carbonyl (C=O) groups excluding carboxylic acids is 1. The molecule has 2 heterocycles. The van der Waals surface area contributed by atoms with Crippen LogP contribution in [-0.2, 0) is 0 Å². The number of aromatic nitrogens is 3. The Balaban J connectivity index is 0.00000289. The van der Waals surface area contributed by atoms with Crippen LogP contribution < -0.4 is 10.6 Å². The second-order valence-corrected chi connectivity index (χ2v) is 7.53. The van der Waals surface area contributed by atoms with E-state index in [1.54, 1.807) is 16.8 Å². The van der Waals surface area contributed by atoms with Gasteiger partial charge >= 0.3 is 0 Å². The summed E-state index contributed by atoms with van der Waals surface area (Å²) in [4.78, 5) is 27.5. The fraction of sp³-hybridized carbons (Fsp3) is 0.0417. The molecule has 9 nitrogen and oxygen atoms in total. The first-order valence-corrected chi connectivity index (χ1v) is 10.3. The van der Waals surface area contributed by atoms with E-state index >= 15 is 0 Å². The number of anilines is 2. The number of hydrogen-bond acceptors (Lipinski definition) is 6. The van der Waals surface area contributed by atoms with E-state index in [1.165, 1.54) is 36.4 Å². The van der Waals surface area contributed by atoms with Crippen molar-refractivity contribution in [1.29, 1.82) is 0 Å². The number of non-ortho nitro benzene ring substituents is 1. The van der Waals surface area contributed by atoms with Crippen molar-refractivity contribution < 1.29 is 14.1 Å². The van der Waals surface area contributed by atoms with E-state index in [9.17, 15) is 19.3 Å². The molecule has 1 amide bonds. The molecule has 0 aliphatic carbocycles. The molecule has 0 saturated carbocycles. The molecule has 4 aromatic rings. The van der Waals surface area contributed by atoms with Crippen LogP contribution in [-0.4, -0.2) is 25.6 Å². The molecule has 0 bridgehead atoms. The average Bonchev–Trinajstić information content (AvgIpc) is 3.27. The summed E-state index contributed by atoms with van der Waals surface area (Å²) in [6, 6.07) is 20.7. The predicted molar refractivity (Wildman–Crippen MR) is 131 cm³/mol. The maximum Gasteiger partial charge on any atom is 0.270 e. The van der Waals surface area contributed by atoms with Crippen molar-refractivity contribution in [2.24, 2.45) is 0 Å². The van der Waals surface area contributed by atoms with Crippen LogP contribution in [0.2, 0.25) is 0 Å². The molecule has 0 saturated heterocycles. The van der Waals surface area contributed by atoms with E-state index in [-0.39, 0.29) is 35.4 Å². The van der Waals surface area contributed by atoms with E-state index in [4.69, 9.17) is 0 Å². The normalized spacial score (nSPS) is 14.1. The summed E-state index contributed by atoms with van der Waals surface area (Å²) < 4.78 is 15.1. The molecule has 3 aromatic carbocycles. The van der Waals surface area contributed by atoms with Crippen molar-refractivity contribution in [3.63, 3.8) is 0 Å². The third kappa shape index (κ3) is 4.87. The summed E-state index contributed by atoms with van der Waals surface area (Å²) in [5.41, 5.74) is 2.39. The number of halogens is 2. The van der Waals surface area contributed by atoms with Gasteiger partial charge in [-0.15, -0.1) is 17.5 Å². The summed E-state index contributed by atoms with van der Waals surface area (Å²) in [6.45, 7) is 0. The minimum Gasteiger partial charge on any atom is -0.324 e. The number of benzene rings is 3. The summed E-state index contributed by atoms with van der Waals surface area (Å²) in [6.07, 6.45) is 1.94. The highest BCUT2D eigenvalue weighted by Crippen LogP contribution is 2.33. The second kappa shape index (κ2) is 9.74. The first-order valence-electron chi connectivity index (χ1n) is 10.3. The fourth-order valence-corrected chi connectivity index (χ4v) is 3.66. The summed E-state index contributed by atoms with van der Waals surface area (Å²) in [5, 5.41) is 21.2. The lowest BCUT2D eigenvalue weighted by Gasteiger charge is -2.24. The molecule has 1 aliphatic heterocycles. The van der Waals surface area contributed by atoms with Crippen LogP contribution in [0.5, 0.6) is 0 Å². The Morgan fingerprint density at radius 2 is 1.80 bits per heavy atom. The topological polar surface area (TPSA) is 115 Å². The van der Waals surface area contributed by atoms with Gasteiger partial charge < -0.3 is 5.32 Å². The highest BCUT2D eigenvalue weighted by Gasteiger charge is 2.26. The molecule has 1 aromatic heterocycles. The van der Waals surface area contributed by atoms with Gasteiger partial charge in [0.1, 0.15) is 11.9 Å². The van der Waals surface area contributed by atoms with Crippen LogP contribution >= 0.6 is 12.4 Å². The Hall–Kier alpha value is -4.57. The monoisotopic (exact) mass is 492 g/mol. The van der Waals surface area contributed by atoms with Gasteiger partial charge in [0.25, 0.3) is 17.5 Å². The molecule has 0 spiro atoms. The van der Waals surface area contributed by atoms with Crippen LogP contribution in [0.3, 0.4) is 0 Å². The molecule has 5 rings (SSSR count). The third-order valence-electron chi connectivity index (χ3n) is 5.31. The maximum atomic E-state index is 13.5. The number of nitrogens with zero attached hydrogens (tertiary/aromatic N) is 4. The van der Waals surface area contributed by atoms with E-state index in [0.29, 0.717) is 5.95 Å². The smallest absolute Gasteiger partial charge is 0.270 e. The van der Waals surface area contributed by atoms with E-state index in [2.05, 4.69) is 20.7 Å². The van der Waals surface area contributed by atoms with Gasteiger partial charge in [-0.05, 0) is 35.4 Å². The van der Waals surface area contributed by atoms with Crippen LogP contribution in [0.15, 0.2) is 84.9 Å². The Labute approximate surface area is 204 Å². The molecular formula is C24H18ClFN6O3. The number of carbonyl (C=O) groups is 1. The first-order chi connectivity index (χ1) is 16.5. The lowest BCUT2D eigenvalue weighted by Crippen LogP contribution is -2.20. The van der Waals surface area contributed by atoms with E-state index in [1.807, 2.05) is 36.4 Å². The number of nitro benzene ring substituents is 1. The molecule has 2 N–H and O–H groups in total. The number of fused-ring (bicyclic) bond motifs is 1. The minimum absolute atomic E-state index is 0. The van der Waals surface area contributed by atoms with Crippen molar-refractivity contribution in [3.8, 4) is 0 Å². The van der Waals surface area contributed by atoms with E-state index < -0.39 is 16.9 Å². The standard InChI is InChI=1S/C24H17FN6O3.ClH/c25-18-11-9-16(10-12-18)21-14-20(15-5-2-1-3-6-15)26-24-28-23(29-30(21)24)27-22(32)17-7-4-8-19(13-17)31(33)34;/h1-14,21H,(H2,26,27,28,29,32);1H. The molecule has 176 valence electrons. The third-order valence-corrected chi connectivity index (χ3v) is 5.31. The van der Waals surface area contributed by atoms with Crippen molar-refractivity contribution in [1.82, 2.24) is 14.8 Å². The summed E-state index contributed by atoms with van der Waals surface area (Å²) in [7, 11) is 0. The predicted octanol–water partition coefficient (Wildman–Crippen LogP) is 5.06. The number of allylic oxidation sites excluding steroid dienone is 1. The van der Waals surface area contributed by atoms with Crippen LogP contribution in [0.4, 0.5) is 22.0 Å². The molecule has 1 atom stereocenters. The quantitative estimate of drug-likeness (QED) is 0.297. The van der Waals surface area contributed by atoms with E-state index in [0.717, 1.165) is 16.8 Å². The Bertz CT molecular complexity index is 1420. The van der Waals surface area contributed by atoms with Gasteiger partial charge in [-0.1, -0.05) is 48.5 Å². The molecule has 1 unspecified atom stereocenters. The van der Waals surface area contributed by atoms with Gasteiger partial charge in [-0.25, -0.2) is 9.07 Å². The lowest BCUT2D eigenvalue weighted by atomic mass is 10.0. The van der Waals surface area contributed by atoms with Gasteiger partial charge in [-0.3, -0.25) is 20.2 Å². The van der Waals surface area contributed by atoms with Gasteiger partial charge in [0.05, 0.1) is 4.92 Å².